The highest BCUT2D eigenvalue weighted by atomic mass is 16.5. The van der Waals surface area contributed by atoms with Crippen LogP contribution in [0.5, 0.6) is 28.7 Å². The average Bonchev–Trinajstić information content (AvgIpc) is 2.74. The van der Waals surface area contributed by atoms with Crippen LogP contribution in [0.3, 0.4) is 0 Å². The number of allylic oxidation sites excluding steroid dienone is 1. The maximum Gasteiger partial charge on any atom is 0.341 e. The molecule has 2 rings (SSSR count). The minimum Gasteiger partial charge on any atom is -0.493 e. The van der Waals surface area contributed by atoms with Crippen LogP contribution in [-0.4, -0.2) is 51.9 Å². The number of aliphatic carboxylic acids is 1. The molecule has 0 aliphatic carbocycles. The number of carbonyl (C=O) groups is 2. The van der Waals surface area contributed by atoms with E-state index >= 15 is 0 Å². The summed E-state index contributed by atoms with van der Waals surface area (Å²) in [4.78, 5) is 23.3. The molecule has 2 aromatic rings. The first kappa shape index (κ1) is 21.6. The lowest BCUT2D eigenvalue weighted by Crippen LogP contribution is -2.10. The van der Waals surface area contributed by atoms with Crippen LogP contribution in [0.2, 0.25) is 0 Å². The predicted octanol–water partition coefficient (Wildman–Crippen LogP) is 3.08. The molecule has 154 valence electrons. The molecule has 0 spiro atoms. The van der Waals surface area contributed by atoms with Gasteiger partial charge in [0.15, 0.2) is 35.4 Å². The average molecular weight is 402 g/mol. The fraction of sp³-hybridized carbons (Fsp3) is 0.238. The zero-order valence-corrected chi connectivity index (χ0v) is 16.6. The van der Waals surface area contributed by atoms with Crippen molar-refractivity contribution in [3.05, 3.63) is 47.5 Å². The van der Waals surface area contributed by atoms with E-state index in [4.69, 9.17) is 28.8 Å². The largest absolute Gasteiger partial charge is 0.493 e. The van der Waals surface area contributed by atoms with Gasteiger partial charge in [-0.25, -0.2) is 4.79 Å². The third kappa shape index (κ3) is 5.41. The second-order valence-electron chi connectivity index (χ2n) is 5.70. The quantitative estimate of drug-likeness (QED) is 0.478. The molecule has 1 N–H and O–H groups in total. The van der Waals surface area contributed by atoms with E-state index in [0.29, 0.717) is 34.1 Å². The summed E-state index contributed by atoms with van der Waals surface area (Å²) >= 11 is 0. The summed E-state index contributed by atoms with van der Waals surface area (Å²) in [5.41, 5.74) is 0.985. The fourth-order valence-corrected chi connectivity index (χ4v) is 2.54. The molecule has 0 saturated heterocycles. The molecular formula is C21H22O8. The lowest BCUT2D eigenvalue weighted by molar-refractivity contribution is -0.139. The minimum absolute atomic E-state index is 0.261. The van der Waals surface area contributed by atoms with Crippen LogP contribution in [0.1, 0.15) is 15.9 Å². The van der Waals surface area contributed by atoms with Crippen molar-refractivity contribution in [1.82, 2.24) is 0 Å². The van der Waals surface area contributed by atoms with Crippen molar-refractivity contribution in [2.24, 2.45) is 0 Å². The predicted molar refractivity (Wildman–Crippen MR) is 106 cm³/mol. The normalized spacial score (nSPS) is 10.5. The molecule has 0 aliphatic rings. The monoisotopic (exact) mass is 402 g/mol. The highest BCUT2D eigenvalue weighted by Crippen LogP contribution is 2.38. The molecule has 0 atom stereocenters. The zero-order chi connectivity index (χ0) is 21.4. The van der Waals surface area contributed by atoms with Crippen molar-refractivity contribution in [3.8, 4) is 28.7 Å². The van der Waals surface area contributed by atoms with Crippen LogP contribution >= 0.6 is 0 Å². The Balaban J connectivity index is 2.28. The van der Waals surface area contributed by atoms with Crippen molar-refractivity contribution in [2.75, 3.05) is 35.0 Å². The standard InChI is InChI=1S/C21H22O8/c1-25-16-8-6-13(9-17(16)29-12-20(23)24)5-7-15(22)14-10-18(26-2)21(28-4)19(11-14)27-3/h5-11H,12H2,1-4H3,(H,23,24). The van der Waals surface area contributed by atoms with Gasteiger partial charge in [0, 0.05) is 5.56 Å². The first-order chi connectivity index (χ1) is 13.9. The van der Waals surface area contributed by atoms with Crippen LogP contribution in [0.25, 0.3) is 6.08 Å². The molecule has 8 nitrogen and oxygen atoms in total. The Labute approximate surface area is 168 Å². The number of hydrogen-bond acceptors (Lipinski definition) is 7. The molecule has 0 bridgehead atoms. The van der Waals surface area contributed by atoms with Gasteiger partial charge >= 0.3 is 5.97 Å². The second-order valence-corrected chi connectivity index (χ2v) is 5.70. The molecule has 0 aliphatic heterocycles. The third-order valence-electron chi connectivity index (χ3n) is 3.92. The van der Waals surface area contributed by atoms with E-state index in [1.54, 1.807) is 36.4 Å². The van der Waals surface area contributed by atoms with Crippen LogP contribution in [0.4, 0.5) is 0 Å². The van der Waals surface area contributed by atoms with E-state index < -0.39 is 12.6 Å². The summed E-state index contributed by atoms with van der Waals surface area (Å²) in [5.74, 6) is 0.399. The van der Waals surface area contributed by atoms with Crippen molar-refractivity contribution in [2.45, 2.75) is 0 Å². The number of methoxy groups -OCH3 is 4. The molecule has 8 heteroatoms. The van der Waals surface area contributed by atoms with Gasteiger partial charge in [0.05, 0.1) is 28.4 Å². The highest BCUT2D eigenvalue weighted by molar-refractivity contribution is 6.07. The molecule has 0 saturated carbocycles. The molecule has 0 amide bonds. The van der Waals surface area contributed by atoms with Crippen molar-refractivity contribution in [3.63, 3.8) is 0 Å². The fourth-order valence-electron chi connectivity index (χ4n) is 2.54. The van der Waals surface area contributed by atoms with E-state index in [1.807, 2.05) is 0 Å². The Hall–Kier alpha value is -3.68. The maximum atomic E-state index is 12.6. The van der Waals surface area contributed by atoms with Gasteiger partial charge in [0.2, 0.25) is 5.75 Å². The Bertz CT molecular complexity index is 892. The van der Waals surface area contributed by atoms with Gasteiger partial charge in [-0.05, 0) is 35.9 Å². The Kier molecular flexibility index (Phi) is 7.47. The van der Waals surface area contributed by atoms with Crippen LogP contribution in [0, 0.1) is 0 Å². The summed E-state index contributed by atoms with van der Waals surface area (Å²) in [7, 11) is 5.87. The smallest absolute Gasteiger partial charge is 0.341 e. The molecule has 0 heterocycles. The maximum absolute atomic E-state index is 12.6. The number of rotatable bonds is 10. The summed E-state index contributed by atoms with van der Waals surface area (Å²) < 4.78 is 26.1. The van der Waals surface area contributed by atoms with E-state index in [9.17, 15) is 9.59 Å². The molecule has 0 unspecified atom stereocenters. The Morgan fingerprint density at radius 1 is 0.862 bits per heavy atom. The first-order valence-corrected chi connectivity index (χ1v) is 8.48. The van der Waals surface area contributed by atoms with Gasteiger partial charge in [0.1, 0.15) is 0 Å². The topological polar surface area (TPSA) is 101 Å². The van der Waals surface area contributed by atoms with Gasteiger partial charge in [-0.2, -0.15) is 0 Å². The molecule has 2 aromatic carbocycles. The van der Waals surface area contributed by atoms with Gasteiger partial charge in [-0.15, -0.1) is 0 Å². The van der Waals surface area contributed by atoms with E-state index in [2.05, 4.69) is 0 Å². The number of carbonyl (C=O) groups excluding carboxylic acids is 1. The highest BCUT2D eigenvalue weighted by Gasteiger charge is 2.16. The summed E-state index contributed by atoms with van der Waals surface area (Å²) in [5, 5.41) is 8.78. The Morgan fingerprint density at radius 2 is 1.48 bits per heavy atom. The lowest BCUT2D eigenvalue weighted by Gasteiger charge is -2.13. The minimum atomic E-state index is -1.11. The van der Waals surface area contributed by atoms with Gasteiger partial charge < -0.3 is 28.8 Å². The van der Waals surface area contributed by atoms with Crippen LogP contribution < -0.4 is 23.7 Å². The van der Waals surface area contributed by atoms with Crippen LogP contribution in [0.15, 0.2) is 36.4 Å². The number of ketones is 1. The lowest BCUT2D eigenvalue weighted by atomic mass is 10.1. The molecular weight excluding hydrogens is 380 g/mol. The summed E-state index contributed by atoms with van der Waals surface area (Å²) in [6.45, 7) is -0.506. The van der Waals surface area contributed by atoms with E-state index in [1.165, 1.54) is 34.5 Å². The van der Waals surface area contributed by atoms with Crippen molar-refractivity contribution >= 4 is 17.8 Å². The Morgan fingerprint density at radius 3 is 2.00 bits per heavy atom. The van der Waals surface area contributed by atoms with Gasteiger partial charge in [-0.3, -0.25) is 4.79 Å². The SMILES string of the molecule is COc1ccc(C=CC(=O)c2cc(OC)c(OC)c(OC)c2)cc1OCC(=O)O. The van der Waals surface area contributed by atoms with Gasteiger partial charge in [-0.1, -0.05) is 12.1 Å². The van der Waals surface area contributed by atoms with E-state index in [-0.39, 0.29) is 11.5 Å². The zero-order valence-electron chi connectivity index (χ0n) is 16.6. The number of carboxylic acid groups (broad SMARTS) is 1. The molecule has 0 fully saturated rings. The van der Waals surface area contributed by atoms with Crippen LogP contribution in [-0.2, 0) is 4.79 Å². The number of ether oxygens (including phenoxy) is 5. The molecule has 0 aromatic heterocycles. The molecule has 29 heavy (non-hydrogen) atoms. The van der Waals surface area contributed by atoms with E-state index in [0.717, 1.165) is 0 Å². The van der Waals surface area contributed by atoms with Crippen molar-refractivity contribution in [1.29, 1.82) is 0 Å². The van der Waals surface area contributed by atoms with Gasteiger partial charge in [0.25, 0.3) is 0 Å². The summed E-state index contributed by atoms with van der Waals surface area (Å²) in [6.07, 6.45) is 2.96. The third-order valence-corrected chi connectivity index (χ3v) is 3.92. The number of benzene rings is 2. The summed E-state index contributed by atoms with van der Waals surface area (Å²) in [6, 6.07) is 8.04. The molecule has 0 radical (unpaired) electrons. The first-order valence-electron chi connectivity index (χ1n) is 8.48. The van der Waals surface area contributed by atoms with Crippen molar-refractivity contribution < 1.29 is 38.4 Å². The second kappa shape index (κ2) is 10.0. The number of carboxylic acids is 1. The number of hydrogen-bond donors (Lipinski definition) is 1.